The van der Waals surface area contributed by atoms with Crippen LogP contribution in [0.4, 0.5) is 0 Å². The second kappa shape index (κ2) is 11.2. The number of hydrogen-bond acceptors (Lipinski definition) is 6. The molecule has 1 aliphatic rings. The van der Waals surface area contributed by atoms with E-state index < -0.39 is 5.97 Å². The molecule has 4 aromatic rings. The maximum atomic E-state index is 13.3. The Hall–Kier alpha value is -4.20. The van der Waals surface area contributed by atoms with Crippen molar-refractivity contribution in [2.24, 2.45) is 0 Å². The molecule has 0 atom stereocenters. The van der Waals surface area contributed by atoms with Crippen molar-refractivity contribution < 1.29 is 14.7 Å². The molecule has 1 N–H and O–H groups in total. The predicted molar refractivity (Wildman–Crippen MR) is 140 cm³/mol. The van der Waals surface area contributed by atoms with Gasteiger partial charge in [-0.25, -0.2) is 19.9 Å². The summed E-state index contributed by atoms with van der Waals surface area (Å²) in [6.45, 7) is 1.32. The third kappa shape index (κ3) is 5.80. The zero-order valence-corrected chi connectivity index (χ0v) is 20.6. The summed E-state index contributed by atoms with van der Waals surface area (Å²) in [4.78, 5) is 44.7. The van der Waals surface area contributed by atoms with Crippen molar-refractivity contribution in [1.29, 1.82) is 0 Å². The van der Waals surface area contributed by atoms with Gasteiger partial charge in [0.1, 0.15) is 5.82 Å². The van der Waals surface area contributed by atoms with E-state index in [0.29, 0.717) is 43.4 Å². The van der Waals surface area contributed by atoms with Gasteiger partial charge in [0, 0.05) is 48.9 Å². The quantitative estimate of drug-likeness (QED) is 0.346. The van der Waals surface area contributed by atoms with Crippen molar-refractivity contribution in [2.75, 3.05) is 13.1 Å². The molecule has 0 aliphatic carbocycles. The van der Waals surface area contributed by atoms with Crippen LogP contribution in [0.2, 0.25) is 0 Å². The normalized spacial score (nSPS) is 14.1. The van der Waals surface area contributed by atoms with E-state index in [2.05, 4.69) is 9.97 Å². The van der Waals surface area contributed by atoms with Crippen LogP contribution in [0.25, 0.3) is 22.3 Å². The van der Waals surface area contributed by atoms with Gasteiger partial charge in [-0.05, 0) is 56.4 Å². The number of benzene rings is 2. The van der Waals surface area contributed by atoms with Gasteiger partial charge in [0.15, 0.2) is 0 Å². The van der Waals surface area contributed by atoms with Crippen LogP contribution in [0.3, 0.4) is 0 Å². The molecule has 0 saturated carbocycles. The van der Waals surface area contributed by atoms with E-state index in [0.717, 1.165) is 41.1 Å². The Balaban J connectivity index is 1.36. The molecule has 2 aromatic carbocycles. The number of carbonyl (C=O) groups excluding carboxylic acids is 1. The van der Waals surface area contributed by atoms with Crippen LogP contribution in [-0.4, -0.2) is 54.9 Å². The van der Waals surface area contributed by atoms with Crippen LogP contribution < -0.4 is 0 Å². The molecule has 1 fully saturated rings. The third-order valence-corrected chi connectivity index (χ3v) is 6.82. The number of nitrogens with zero attached hydrogens (tertiary/aromatic N) is 5. The van der Waals surface area contributed by atoms with E-state index in [9.17, 15) is 9.59 Å². The van der Waals surface area contributed by atoms with Gasteiger partial charge in [0.05, 0.1) is 22.4 Å². The SMILES string of the molecule is O=C(O)CCCCc1nc2cc(C(=O)N3CCC(c4ncccn4)CC3)ccc2nc1-c1ccccc1. The molecule has 8 heteroatoms. The number of piperidine rings is 1. The third-order valence-electron chi connectivity index (χ3n) is 6.82. The van der Waals surface area contributed by atoms with Crippen molar-refractivity contribution in [3.63, 3.8) is 0 Å². The molecule has 0 bridgehead atoms. The zero-order chi connectivity index (χ0) is 25.6. The molecule has 0 unspecified atom stereocenters. The molecule has 1 amide bonds. The summed E-state index contributed by atoms with van der Waals surface area (Å²) in [5, 5.41) is 8.98. The van der Waals surface area contributed by atoms with Crippen molar-refractivity contribution in [2.45, 2.75) is 44.4 Å². The molecule has 1 saturated heterocycles. The number of rotatable bonds is 8. The zero-order valence-electron chi connectivity index (χ0n) is 20.6. The standard InChI is InChI=1S/C29H29N5O3/c35-26(36)10-5-4-9-24-27(20-7-2-1-3-8-20)33-23-12-11-22(19-25(23)32-24)29(37)34-17-13-21(14-18-34)28-30-15-6-16-31-28/h1-3,6-8,11-12,15-16,19,21H,4-5,9-10,13-14,17-18H2,(H,35,36). The summed E-state index contributed by atoms with van der Waals surface area (Å²) in [6, 6.07) is 17.2. The van der Waals surface area contributed by atoms with Crippen LogP contribution >= 0.6 is 0 Å². The first-order valence-corrected chi connectivity index (χ1v) is 12.7. The van der Waals surface area contributed by atoms with E-state index in [4.69, 9.17) is 15.1 Å². The highest BCUT2D eigenvalue weighted by Crippen LogP contribution is 2.28. The Bertz CT molecular complexity index is 1390. The monoisotopic (exact) mass is 495 g/mol. The molecule has 37 heavy (non-hydrogen) atoms. The first-order valence-electron chi connectivity index (χ1n) is 12.7. The highest BCUT2D eigenvalue weighted by molar-refractivity contribution is 5.97. The predicted octanol–water partition coefficient (Wildman–Crippen LogP) is 4.90. The first-order chi connectivity index (χ1) is 18.1. The van der Waals surface area contributed by atoms with Gasteiger partial charge in [-0.1, -0.05) is 30.3 Å². The Morgan fingerprint density at radius 2 is 1.65 bits per heavy atom. The fourth-order valence-corrected chi connectivity index (χ4v) is 4.84. The highest BCUT2D eigenvalue weighted by Gasteiger charge is 2.26. The number of unbranched alkanes of at least 4 members (excludes halogenated alkanes) is 1. The molecule has 8 nitrogen and oxygen atoms in total. The summed E-state index contributed by atoms with van der Waals surface area (Å²) in [5.41, 5.74) is 4.58. The lowest BCUT2D eigenvalue weighted by atomic mass is 9.95. The molecular weight excluding hydrogens is 466 g/mol. The molecule has 0 radical (unpaired) electrons. The maximum absolute atomic E-state index is 13.3. The number of aryl methyl sites for hydroxylation is 1. The number of aromatic nitrogens is 4. The van der Waals surface area contributed by atoms with E-state index in [-0.39, 0.29) is 18.2 Å². The fraction of sp³-hybridized carbons (Fsp3) is 0.310. The van der Waals surface area contributed by atoms with Crippen LogP contribution in [0.5, 0.6) is 0 Å². The van der Waals surface area contributed by atoms with Gasteiger partial charge in [-0.3, -0.25) is 9.59 Å². The second-order valence-corrected chi connectivity index (χ2v) is 9.36. The largest absolute Gasteiger partial charge is 0.481 e. The van der Waals surface area contributed by atoms with Crippen LogP contribution in [0, 0.1) is 0 Å². The molecule has 2 aromatic heterocycles. The van der Waals surface area contributed by atoms with Crippen molar-refractivity contribution in [1.82, 2.24) is 24.8 Å². The number of fused-ring (bicyclic) bond motifs is 1. The molecule has 0 spiro atoms. The number of amides is 1. The Labute approximate surface area is 215 Å². The average molecular weight is 496 g/mol. The second-order valence-electron chi connectivity index (χ2n) is 9.36. The lowest BCUT2D eigenvalue weighted by Crippen LogP contribution is -2.38. The van der Waals surface area contributed by atoms with Crippen LogP contribution in [0.15, 0.2) is 67.0 Å². The molecule has 5 rings (SSSR count). The minimum Gasteiger partial charge on any atom is -0.481 e. The van der Waals surface area contributed by atoms with E-state index >= 15 is 0 Å². The van der Waals surface area contributed by atoms with Crippen molar-refractivity contribution in [3.05, 3.63) is 84.1 Å². The molecular formula is C29H29N5O3. The Morgan fingerprint density at radius 3 is 2.38 bits per heavy atom. The summed E-state index contributed by atoms with van der Waals surface area (Å²) >= 11 is 0. The van der Waals surface area contributed by atoms with Crippen LogP contribution in [-0.2, 0) is 11.2 Å². The van der Waals surface area contributed by atoms with Gasteiger partial charge in [-0.15, -0.1) is 0 Å². The lowest BCUT2D eigenvalue weighted by molar-refractivity contribution is -0.137. The topological polar surface area (TPSA) is 109 Å². The molecule has 188 valence electrons. The summed E-state index contributed by atoms with van der Waals surface area (Å²) in [7, 11) is 0. The first kappa shape index (κ1) is 24.5. The Kier molecular flexibility index (Phi) is 7.44. The Morgan fingerprint density at radius 1 is 0.892 bits per heavy atom. The highest BCUT2D eigenvalue weighted by atomic mass is 16.4. The number of carbonyl (C=O) groups is 2. The summed E-state index contributed by atoms with van der Waals surface area (Å²) in [6.07, 6.45) is 7.23. The van der Waals surface area contributed by atoms with E-state index in [1.54, 1.807) is 12.4 Å². The van der Waals surface area contributed by atoms with Gasteiger partial charge < -0.3 is 10.0 Å². The van der Waals surface area contributed by atoms with Gasteiger partial charge >= 0.3 is 5.97 Å². The minimum atomic E-state index is -0.795. The number of carboxylic acid groups (broad SMARTS) is 1. The van der Waals surface area contributed by atoms with Gasteiger partial charge in [0.2, 0.25) is 0 Å². The van der Waals surface area contributed by atoms with Crippen LogP contribution in [0.1, 0.15) is 59.9 Å². The number of aliphatic carboxylic acids is 1. The fourth-order valence-electron chi connectivity index (χ4n) is 4.84. The average Bonchev–Trinajstić information content (AvgIpc) is 2.95. The van der Waals surface area contributed by atoms with Gasteiger partial charge in [0.25, 0.3) is 5.91 Å². The van der Waals surface area contributed by atoms with E-state index in [1.807, 2.05) is 59.5 Å². The number of carboxylic acids is 1. The minimum absolute atomic E-state index is 0.00808. The number of likely N-dealkylation sites (tertiary alicyclic amines) is 1. The summed E-state index contributed by atoms with van der Waals surface area (Å²) in [5.74, 6) is 0.316. The van der Waals surface area contributed by atoms with Crippen molar-refractivity contribution >= 4 is 22.9 Å². The van der Waals surface area contributed by atoms with Gasteiger partial charge in [-0.2, -0.15) is 0 Å². The lowest BCUT2D eigenvalue weighted by Gasteiger charge is -2.31. The number of hydrogen-bond donors (Lipinski definition) is 1. The van der Waals surface area contributed by atoms with Crippen molar-refractivity contribution in [3.8, 4) is 11.3 Å². The molecule has 1 aliphatic heterocycles. The summed E-state index contributed by atoms with van der Waals surface area (Å²) < 4.78 is 0. The van der Waals surface area contributed by atoms with E-state index in [1.165, 1.54) is 0 Å². The molecule has 3 heterocycles. The maximum Gasteiger partial charge on any atom is 0.303 e. The smallest absolute Gasteiger partial charge is 0.303 e.